The third-order valence-electron chi connectivity index (χ3n) is 2.55. The van der Waals surface area contributed by atoms with Crippen molar-refractivity contribution in [3.63, 3.8) is 0 Å². The number of rotatable bonds is 5. The summed E-state index contributed by atoms with van der Waals surface area (Å²) >= 11 is 0. The molecular weight excluding hydrogens is 186 g/mol. The maximum Gasteiger partial charge on any atom is 0.0506 e. The van der Waals surface area contributed by atoms with Crippen LogP contribution in [0.15, 0.2) is 0 Å². The van der Waals surface area contributed by atoms with Crippen molar-refractivity contribution in [2.75, 3.05) is 32.8 Å². The highest BCUT2D eigenvalue weighted by Gasteiger charge is 2.22. The zero-order chi connectivity index (χ0) is 11.7. The minimum atomic E-state index is 0.790. The van der Waals surface area contributed by atoms with Crippen LogP contribution >= 0.6 is 0 Å². The van der Waals surface area contributed by atoms with Crippen LogP contribution in [0.3, 0.4) is 0 Å². The first kappa shape index (κ1) is 14.9. The van der Waals surface area contributed by atoms with Crippen LogP contribution in [-0.2, 0) is 4.74 Å². The number of ether oxygens (including phenoxy) is 1. The summed E-state index contributed by atoms with van der Waals surface area (Å²) in [6.07, 6.45) is 1.33. The molecule has 15 heavy (non-hydrogen) atoms. The maximum absolute atomic E-state index is 5.44. The molecule has 0 N–H and O–H groups in total. The zero-order valence-corrected chi connectivity index (χ0v) is 11.3. The van der Waals surface area contributed by atoms with Gasteiger partial charge in [-0.3, -0.25) is 0 Å². The number of nitrogens with zero attached hydrogens (tertiary/aromatic N) is 1. The molecule has 92 valence electrons. The smallest absolute Gasteiger partial charge is 0.0506 e. The summed E-state index contributed by atoms with van der Waals surface area (Å²) < 4.78 is 5.44. The molecule has 2 nitrogen and oxygen atoms in total. The van der Waals surface area contributed by atoms with Crippen molar-refractivity contribution in [2.45, 2.75) is 41.0 Å². The summed E-state index contributed by atoms with van der Waals surface area (Å²) in [7, 11) is 0. The van der Waals surface area contributed by atoms with Gasteiger partial charge in [0.2, 0.25) is 0 Å². The molecule has 0 spiro atoms. The predicted octanol–water partition coefficient (Wildman–Crippen LogP) is 3.03. The van der Waals surface area contributed by atoms with Gasteiger partial charge >= 0.3 is 0 Å². The molecule has 0 aromatic carbocycles. The van der Waals surface area contributed by atoms with Crippen LogP contribution in [0.4, 0.5) is 0 Å². The predicted molar refractivity (Wildman–Crippen MR) is 67.2 cm³/mol. The first-order valence-corrected chi connectivity index (χ1v) is 6.52. The molecule has 1 rings (SSSR count). The van der Waals surface area contributed by atoms with Gasteiger partial charge in [0.1, 0.15) is 0 Å². The van der Waals surface area contributed by atoms with Gasteiger partial charge in [0, 0.05) is 19.7 Å². The minimum Gasteiger partial charge on any atom is -0.381 e. The molecule has 0 amide bonds. The van der Waals surface area contributed by atoms with Crippen molar-refractivity contribution in [1.82, 2.24) is 4.90 Å². The second kappa shape index (κ2) is 9.17. The third kappa shape index (κ3) is 6.91. The van der Waals surface area contributed by atoms with Gasteiger partial charge in [-0.05, 0) is 31.7 Å². The molecule has 0 aliphatic carbocycles. The van der Waals surface area contributed by atoms with Crippen LogP contribution in [0.1, 0.15) is 41.0 Å². The molecule has 0 aromatic heterocycles. The SMILES string of the molecule is CC.CCOCC1CCN(CC(C)C)C1. The van der Waals surface area contributed by atoms with Gasteiger partial charge < -0.3 is 9.64 Å². The Morgan fingerprint density at radius 1 is 1.33 bits per heavy atom. The van der Waals surface area contributed by atoms with Gasteiger partial charge in [-0.25, -0.2) is 0 Å². The fourth-order valence-electron chi connectivity index (χ4n) is 2.02. The Labute approximate surface area is 96.0 Å². The highest BCUT2D eigenvalue weighted by molar-refractivity contribution is 4.75. The van der Waals surface area contributed by atoms with E-state index in [4.69, 9.17) is 4.74 Å². The van der Waals surface area contributed by atoms with Crippen molar-refractivity contribution in [2.24, 2.45) is 11.8 Å². The largest absolute Gasteiger partial charge is 0.381 e. The molecule has 1 fully saturated rings. The molecule has 0 aromatic rings. The van der Waals surface area contributed by atoms with Gasteiger partial charge in [-0.2, -0.15) is 0 Å². The molecule has 1 aliphatic heterocycles. The summed E-state index contributed by atoms with van der Waals surface area (Å²) in [5, 5.41) is 0. The second-order valence-corrected chi connectivity index (χ2v) is 4.47. The van der Waals surface area contributed by atoms with E-state index in [0.717, 1.165) is 25.0 Å². The van der Waals surface area contributed by atoms with Gasteiger partial charge in [0.05, 0.1) is 6.61 Å². The molecule has 2 heteroatoms. The van der Waals surface area contributed by atoms with E-state index in [9.17, 15) is 0 Å². The molecule has 0 saturated carbocycles. The Kier molecular flexibility index (Phi) is 9.12. The zero-order valence-electron chi connectivity index (χ0n) is 11.3. The van der Waals surface area contributed by atoms with Crippen molar-refractivity contribution in [3.05, 3.63) is 0 Å². The maximum atomic E-state index is 5.44. The Hall–Kier alpha value is -0.0800. The van der Waals surface area contributed by atoms with E-state index in [0.29, 0.717) is 0 Å². The molecular formula is C13H29NO. The first-order valence-electron chi connectivity index (χ1n) is 6.52. The highest BCUT2D eigenvalue weighted by atomic mass is 16.5. The average Bonchev–Trinajstić information content (AvgIpc) is 2.65. The van der Waals surface area contributed by atoms with Crippen molar-refractivity contribution >= 4 is 0 Å². The van der Waals surface area contributed by atoms with Crippen LogP contribution in [0.25, 0.3) is 0 Å². The lowest BCUT2D eigenvalue weighted by molar-refractivity contribution is 0.111. The van der Waals surface area contributed by atoms with E-state index in [-0.39, 0.29) is 0 Å². The second-order valence-electron chi connectivity index (χ2n) is 4.47. The number of hydrogen-bond donors (Lipinski definition) is 0. The molecule has 1 aliphatic rings. The Bertz CT molecular complexity index is 136. The van der Waals surface area contributed by atoms with Gasteiger partial charge in [-0.15, -0.1) is 0 Å². The summed E-state index contributed by atoms with van der Waals surface area (Å²) in [6, 6.07) is 0. The lowest BCUT2D eigenvalue weighted by Gasteiger charge is -2.18. The van der Waals surface area contributed by atoms with Crippen LogP contribution in [0.2, 0.25) is 0 Å². The Morgan fingerprint density at radius 2 is 2.00 bits per heavy atom. The van der Waals surface area contributed by atoms with Crippen LogP contribution < -0.4 is 0 Å². The topological polar surface area (TPSA) is 12.5 Å². The van der Waals surface area contributed by atoms with Crippen LogP contribution in [0.5, 0.6) is 0 Å². The van der Waals surface area contributed by atoms with Gasteiger partial charge in [0.15, 0.2) is 0 Å². The van der Waals surface area contributed by atoms with E-state index >= 15 is 0 Å². The standard InChI is InChI=1S/C11H23NO.C2H6/c1-4-13-9-11-5-6-12(8-11)7-10(2)3;1-2/h10-11H,4-9H2,1-3H3;1-2H3. The van der Waals surface area contributed by atoms with E-state index in [1.165, 1.54) is 26.1 Å². The number of hydrogen-bond acceptors (Lipinski definition) is 2. The summed E-state index contributed by atoms with van der Waals surface area (Å²) in [5.41, 5.74) is 0. The Balaban J connectivity index is 0.000000921. The molecule has 0 radical (unpaired) electrons. The first-order chi connectivity index (χ1) is 7.22. The van der Waals surface area contributed by atoms with E-state index in [2.05, 4.69) is 25.7 Å². The normalized spacial score (nSPS) is 21.6. The Morgan fingerprint density at radius 3 is 2.53 bits per heavy atom. The number of likely N-dealkylation sites (tertiary alicyclic amines) is 1. The van der Waals surface area contributed by atoms with E-state index in [1.54, 1.807) is 0 Å². The van der Waals surface area contributed by atoms with Crippen molar-refractivity contribution in [3.8, 4) is 0 Å². The third-order valence-corrected chi connectivity index (χ3v) is 2.55. The molecule has 1 atom stereocenters. The minimum absolute atomic E-state index is 0.790. The van der Waals surface area contributed by atoms with Crippen LogP contribution in [0, 0.1) is 11.8 Å². The lowest BCUT2D eigenvalue weighted by atomic mass is 10.1. The fraction of sp³-hybridized carbons (Fsp3) is 1.00. The highest BCUT2D eigenvalue weighted by Crippen LogP contribution is 2.17. The monoisotopic (exact) mass is 215 g/mol. The van der Waals surface area contributed by atoms with E-state index in [1.807, 2.05) is 13.8 Å². The fourth-order valence-corrected chi connectivity index (χ4v) is 2.02. The van der Waals surface area contributed by atoms with Gasteiger partial charge in [0.25, 0.3) is 0 Å². The molecule has 1 unspecified atom stereocenters. The quantitative estimate of drug-likeness (QED) is 0.699. The molecule has 1 saturated heterocycles. The lowest BCUT2D eigenvalue weighted by Crippen LogP contribution is -2.26. The van der Waals surface area contributed by atoms with Gasteiger partial charge in [-0.1, -0.05) is 27.7 Å². The van der Waals surface area contributed by atoms with Crippen LogP contribution in [-0.4, -0.2) is 37.7 Å². The summed E-state index contributed by atoms with van der Waals surface area (Å²) in [6.45, 7) is 16.2. The molecule has 1 heterocycles. The van der Waals surface area contributed by atoms with Crippen molar-refractivity contribution < 1.29 is 4.74 Å². The average molecular weight is 215 g/mol. The molecule has 0 bridgehead atoms. The summed E-state index contributed by atoms with van der Waals surface area (Å²) in [5.74, 6) is 1.59. The summed E-state index contributed by atoms with van der Waals surface area (Å²) in [4.78, 5) is 2.56. The van der Waals surface area contributed by atoms with E-state index < -0.39 is 0 Å². The van der Waals surface area contributed by atoms with Crippen molar-refractivity contribution in [1.29, 1.82) is 0 Å².